The number of benzene rings is 2. The first-order chi connectivity index (χ1) is 14.0. The second-order valence-electron chi connectivity index (χ2n) is 7.20. The van der Waals surface area contributed by atoms with Gasteiger partial charge in [-0.05, 0) is 32.4 Å². The van der Waals surface area contributed by atoms with Gasteiger partial charge in [-0.3, -0.25) is 10.1 Å². The monoisotopic (exact) mass is 402 g/mol. The van der Waals surface area contributed by atoms with Crippen LogP contribution in [0.25, 0.3) is 11.3 Å². The summed E-state index contributed by atoms with van der Waals surface area (Å²) >= 11 is 1.49. The molecule has 4 aromatic rings. The van der Waals surface area contributed by atoms with E-state index in [1.54, 1.807) is 13.0 Å². The SMILES string of the molecule is Cc1ccc(-c2cc(C(=O)Nc3ncc(Cc4cccc(C)c4)s3)c(C)o2)cc1. The standard InChI is InChI=1S/C24H22N2O2S/c1-15-7-9-19(10-8-15)22-13-21(17(3)28-22)23(27)26-24-25-14-20(29-24)12-18-6-4-5-16(2)11-18/h4-11,13-14H,12H2,1-3H3,(H,25,26,27). The molecule has 4 nitrogen and oxygen atoms in total. The number of aromatic nitrogens is 1. The Morgan fingerprint density at radius 2 is 1.83 bits per heavy atom. The maximum absolute atomic E-state index is 12.7. The van der Waals surface area contributed by atoms with Crippen molar-refractivity contribution >= 4 is 22.4 Å². The molecule has 0 aliphatic heterocycles. The van der Waals surface area contributed by atoms with Crippen LogP contribution in [0, 0.1) is 20.8 Å². The number of hydrogen-bond donors (Lipinski definition) is 1. The van der Waals surface area contributed by atoms with Gasteiger partial charge in [-0.25, -0.2) is 4.98 Å². The van der Waals surface area contributed by atoms with Gasteiger partial charge in [-0.15, -0.1) is 11.3 Å². The van der Waals surface area contributed by atoms with Gasteiger partial charge in [0.2, 0.25) is 0 Å². The van der Waals surface area contributed by atoms with Gasteiger partial charge >= 0.3 is 0 Å². The number of carbonyl (C=O) groups is 1. The van der Waals surface area contributed by atoms with Crippen molar-refractivity contribution in [1.29, 1.82) is 0 Å². The van der Waals surface area contributed by atoms with Gasteiger partial charge in [0.25, 0.3) is 5.91 Å². The number of thiazole rings is 1. The van der Waals surface area contributed by atoms with Crippen molar-refractivity contribution in [3.05, 3.63) is 93.7 Å². The molecular weight excluding hydrogens is 380 g/mol. The molecule has 0 saturated carbocycles. The van der Waals surface area contributed by atoms with E-state index in [0.717, 1.165) is 16.9 Å². The number of anilines is 1. The minimum atomic E-state index is -0.207. The topological polar surface area (TPSA) is 55.1 Å². The van der Waals surface area contributed by atoms with E-state index >= 15 is 0 Å². The zero-order valence-corrected chi connectivity index (χ0v) is 17.5. The Bertz CT molecular complexity index is 1160. The molecule has 146 valence electrons. The number of furan rings is 1. The lowest BCUT2D eigenvalue weighted by Crippen LogP contribution is -2.11. The summed E-state index contributed by atoms with van der Waals surface area (Å²) in [7, 11) is 0. The Morgan fingerprint density at radius 3 is 2.59 bits per heavy atom. The zero-order chi connectivity index (χ0) is 20.4. The van der Waals surface area contributed by atoms with Crippen molar-refractivity contribution in [2.45, 2.75) is 27.2 Å². The lowest BCUT2D eigenvalue weighted by molar-refractivity contribution is 0.102. The Morgan fingerprint density at radius 1 is 1.03 bits per heavy atom. The largest absolute Gasteiger partial charge is 0.461 e. The normalized spacial score (nSPS) is 10.9. The molecule has 5 heteroatoms. The number of rotatable bonds is 5. The first-order valence-electron chi connectivity index (χ1n) is 9.47. The van der Waals surface area contributed by atoms with Crippen LogP contribution in [0.15, 0.2) is 65.2 Å². The summed E-state index contributed by atoms with van der Waals surface area (Å²) in [6.45, 7) is 5.93. The van der Waals surface area contributed by atoms with Crippen LogP contribution in [-0.2, 0) is 6.42 Å². The Labute approximate surface area is 174 Å². The highest BCUT2D eigenvalue weighted by atomic mass is 32.1. The molecule has 0 spiro atoms. The average molecular weight is 403 g/mol. The minimum Gasteiger partial charge on any atom is -0.461 e. The van der Waals surface area contributed by atoms with Gasteiger partial charge in [-0.2, -0.15) is 0 Å². The van der Waals surface area contributed by atoms with Gasteiger partial charge in [0.05, 0.1) is 5.56 Å². The Balaban J connectivity index is 1.47. The van der Waals surface area contributed by atoms with Crippen molar-refractivity contribution in [3.63, 3.8) is 0 Å². The smallest absolute Gasteiger partial charge is 0.261 e. The molecule has 0 aliphatic carbocycles. The molecule has 2 aromatic carbocycles. The van der Waals surface area contributed by atoms with E-state index in [-0.39, 0.29) is 5.91 Å². The van der Waals surface area contributed by atoms with Gasteiger partial charge in [0, 0.05) is 23.1 Å². The van der Waals surface area contributed by atoms with Gasteiger partial charge < -0.3 is 4.42 Å². The van der Waals surface area contributed by atoms with E-state index in [1.807, 2.05) is 37.4 Å². The van der Waals surface area contributed by atoms with Crippen LogP contribution >= 0.6 is 11.3 Å². The molecule has 0 aliphatic rings. The lowest BCUT2D eigenvalue weighted by Gasteiger charge is -2.00. The third kappa shape index (κ3) is 4.46. The Kier molecular flexibility index (Phi) is 5.32. The number of hydrogen-bond acceptors (Lipinski definition) is 4. The molecule has 2 aromatic heterocycles. The fourth-order valence-electron chi connectivity index (χ4n) is 3.20. The van der Waals surface area contributed by atoms with E-state index in [2.05, 4.69) is 41.5 Å². The van der Waals surface area contributed by atoms with Crippen LogP contribution < -0.4 is 5.32 Å². The van der Waals surface area contributed by atoms with Gasteiger partial charge in [0.15, 0.2) is 5.13 Å². The number of amides is 1. The highest BCUT2D eigenvalue weighted by Gasteiger charge is 2.17. The molecule has 2 heterocycles. The van der Waals surface area contributed by atoms with Crippen molar-refractivity contribution in [1.82, 2.24) is 4.98 Å². The molecule has 0 atom stereocenters. The molecule has 1 N–H and O–H groups in total. The van der Waals surface area contributed by atoms with Gasteiger partial charge in [0.1, 0.15) is 11.5 Å². The summed E-state index contributed by atoms with van der Waals surface area (Å²) in [6.07, 6.45) is 2.63. The summed E-state index contributed by atoms with van der Waals surface area (Å²) in [5.41, 5.74) is 5.13. The van der Waals surface area contributed by atoms with Crippen LogP contribution in [0.4, 0.5) is 5.13 Å². The van der Waals surface area contributed by atoms with Crippen LogP contribution in [-0.4, -0.2) is 10.9 Å². The number of nitrogens with zero attached hydrogens (tertiary/aromatic N) is 1. The molecule has 0 bridgehead atoms. The maximum atomic E-state index is 12.7. The first kappa shape index (κ1) is 19.2. The quantitative estimate of drug-likeness (QED) is 0.434. The lowest BCUT2D eigenvalue weighted by atomic mass is 10.1. The zero-order valence-electron chi connectivity index (χ0n) is 16.7. The minimum absolute atomic E-state index is 0.207. The van der Waals surface area contributed by atoms with Crippen molar-refractivity contribution in [2.24, 2.45) is 0 Å². The second kappa shape index (κ2) is 8.05. The molecule has 29 heavy (non-hydrogen) atoms. The van der Waals surface area contributed by atoms with Crippen LogP contribution in [0.1, 0.15) is 37.7 Å². The summed E-state index contributed by atoms with van der Waals surface area (Å²) in [4.78, 5) is 18.2. The van der Waals surface area contributed by atoms with E-state index in [1.165, 1.54) is 28.0 Å². The van der Waals surface area contributed by atoms with E-state index in [4.69, 9.17) is 4.42 Å². The number of carbonyl (C=O) groups excluding carboxylic acids is 1. The predicted octanol–water partition coefficient (Wildman–Crippen LogP) is 6.17. The predicted molar refractivity (Wildman–Crippen MR) is 118 cm³/mol. The van der Waals surface area contributed by atoms with Crippen molar-refractivity contribution < 1.29 is 9.21 Å². The van der Waals surface area contributed by atoms with E-state index < -0.39 is 0 Å². The third-order valence-corrected chi connectivity index (χ3v) is 5.65. The molecule has 0 unspecified atom stereocenters. The first-order valence-corrected chi connectivity index (χ1v) is 10.3. The molecule has 0 saturated heterocycles. The third-order valence-electron chi connectivity index (χ3n) is 4.73. The van der Waals surface area contributed by atoms with Crippen LogP contribution in [0.2, 0.25) is 0 Å². The highest BCUT2D eigenvalue weighted by molar-refractivity contribution is 7.15. The fourth-order valence-corrected chi connectivity index (χ4v) is 4.04. The molecular formula is C24H22N2O2S. The number of aryl methyl sites for hydroxylation is 3. The van der Waals surface area contributed by atoms with Crippen LogP contribution in [0.3, 0.4) is 0 Å². The molecule has 4 rings (SSSR count). The summed E-state index contributed by atoms with van der Waals surface area (Å²) in [5.74, 6) is 1.07. The Hall–Kier alpha value is -3.18. The van der Waals surface area contributed by atoms with E-state index in [0.29, 0.717) is 22.2 Å². The maximum Gasteiger partial charge on any atom is 0.261 e. The fraction of sp³-hybridized carbons (Fsp3) is 0.167. The average Bonchev–Trinajstić information content (AvgIpc) is 3.29. The van der Waals surface area contributed by atoms with Crippen molar-refractivity contribution in [2.75, 3.05) is 5.32 Å². The summed E-state index contributed by atoms with van der Waals surface area (Å²) < 4.78 is 5.82. The molecule has 0 radical (unpaired) electrons. The van der Waals surface area contributed by atoms with Crippen LogP contribution in [0.5, 0.6) is 0 Å². The molecule has 0 fully saturated rings. The summed E-state index contributed by atoms with van der Waals surface area (Å²) in [6, 6.07) is 18.2. The number of nitrogens with one attached hydrogen (secondary N) is 1. The summed E-state index contributed by atoms with van der Waals surface area (Å²) in [5, 5.41) is 3.49. The highest BCUT2D eigenvalue weighted by Crippen LogP contribution is 2.27. The van der Waals surface area contributed by atoms with E-state index in [9.17, 15) is 4.79 Å². The molecule has 1 amide bonds. The second-order valence-corrected chi connectivity index (χ2v) is 8.31. The van der Waals surface area contributed by atoms with Crippen molar-refractivity contribution in [3.8, 4) is 11.3 Å². The van der Waals surface area contributed by atoms with Gasteiger partial charge in [-0.1, -0.05) is 59.7 Å².